The van der Waals surface area contributed by atoms with Crippen LogP contribution in [-0.2, 0) is 39.8 Å². The molecule has 0 unspecified atom stereocenters. The average Bonchev–Trinajstić information content (AvgIpc) is 3.01. The summed E-state index contributed by atoms with van der Waals surface area (Å²) in [5.74, 6) is 0.381. The zero-order valence-corrected chi connectivity index (χ0v) is 32.9. The lowest BCUT2D eigenvalue weighted by Gasteiger charge is -2.28. The third-order valence-corrected chi connectivity index (χ3v) is 18.4. The van der Waals surface area contributed by atoms with Gasteiger partial charge in [-0.1, -0.05) is 38.1 Å². The Hall–Kier alpha value is 0.428. The van der Waals surface area contributed by atoms with Crippen molar-refractivity contribution in [2.24, 2.45) is 0 Å². The summed E-state index contributed by atoms with van der Waals surface area (Å²) in [6, 6.07) is 3.83. The van der Waals surface area contributed by atoms with Gasteiger partial charge in [-0.05, 0) is 53.1 Å². The van der Waals surface area contributed by atoms with Gasteiger partial charge < -0.3 is 50.5 Å². The largest absolute Gasteiger partial charge is 0.500 e. The van der Waals surface area contributed by atoms with Crippen molar-refractivity contribution in [1.82, 2.24) is 10.6 Å². The first-order valence-electron chi connectivity index (χ1n) is 16.0. The summed E-state index contributed by atoms with van der Waals surface area (Å²) in [4.78, 5) is 0. The molecule has 0 fully saturated rings. The second-order valence-corrected chi connectivity index (χ2v) is 21.3. The summed E-state index contributed by atoms with van der Waals surface area (Å²) in [5.41, 5.74) is 0. The molecular weight excluding hydrogens is 609 g/mol. The fourth-order valence-corrected chi connectivity index (χ4v) is 13.1. The van der Waals surface area contributed by atoms with Crippen LogP contribution in [-0.4, -0.2) is 117 Å². The Kier molecular flexibility index (Phi) is 26.9. The van der Waals surface area contributed by atoms with Crippen LogP contribution in [0.15, 0.2) is 0 Å². The summed E-state index contributed by atoms with van der Waals surface area (Å²) in [6.07, 6.45) is 9.32. The molecule has 0 aliphatic carbocycles. The molecule has 0 atom stereocenters. The van der Waals surface area contributed by atoms with Gasteiger partial charge in [-0.15, -0.1) is 0 Å². The monoisotopic (exact) mass is 674 g/mol. The standard InChI is InChI=1S/C27H66N2O9Si4/c1-10-36-42(37-11-2,38-12-3)24-18-16-14-13-15-17-23-39-27(28-21-19-25-40(30-4,31-5)32-6)29-22-20-26-41(33-7,34-8)35-9/h27-29H,10-26,39H2,1-9H3. The van der Waals surface area contributed by atoms with Crippen LogP contribution in [0.25, 0.3) is 0 Å². The zero-order chi connectivity index (χ0) is 31.6. The highest BCUT2D eigenvalue weighted by molar-refractivity contribution is 6.61. The van der Waals surface area contributed by atoms with Gasteiger partial charge >= 0.3 is 26.4 Å². The molecule has 0 aromatic heterocycles. The number of rotatable bonds is 32. The molecule has 0 rings (SSSR count). The van der Waals surface area contributed by atoms with Crippen LogP contribution >= 0.6 is 0 Å². The summed E-state index contributed by atoms with van der Waals surface area (Å²) < 4.78 is 51.4. The lowest BCUT2D eigenvalue weighted by Crippen LogP contribution is -2.49. The molecule has 15 heteroatoms. The van der Waals surface area contributed by atoms with Gasteiger partial charge in [0.15, 0.2) is 0 Å². The third kappa shape index (κ3) is 17.8. The van der Waals surface area contributed by atoms with Crippen molar-refractivity contribution < 1.29 is 39.8 Å². The normalized spacial score (nSPS) is 13.3. The molecule has 0 aliphatic heterocycles. The topological polar surface area (TPSA) is 107 Å². The Balaban J connectivity index is 4.53. The number of nitrogens with one attached hydrogen (secondary N) is 2. The van der Waals surface area contributed by atoms with Gasteiger partial charge in [0.2, 0.25) is 0 Å². The van der Waals surface area contributed by atoms with E-state index in [1.807, 2.05) is 20.8 Å². The average molecular weight is 675 g/mol. The van der Waals surface area contributed by atoms with Gasteiger partial charge in [0.05, 0.1) is 9.52 Å². The van der Waals surface area contributed by atoms with Gasteiger partial charge in [0.25, 0.3) is 0 Å². The smallest absolute Gasteiger partial charge is 0.377 e. The quantitative estimate of drug-likeness (QED) is 0.0615. The maximum Gasteiger partial charge on any atom is 0.500 e. The van der Waals surface area contributed by atoms with Crippen LogP contribution < -0.4 is 10.6 Å². The van der Waals surface area contributed by atoms with E-state index >= 15 is 0 Å². The van der Waals surface area contributed by atoms with Crippen LogP contribution in [0, 0.1) is 0 Å². The van der Waals surface area contributed by atoms with E-state index in [1.54, 1.807) is 42.7 Å². The van der Waals surface area contributed by atoms with Crippen molar-refractivity contribution in [3.8, 4) is 0 Å². The Morgan fingerprint density at radius 3 is 1.21 bits per heavy atom. The maximum atomic E-state index is 5.98. The highest BCUT2D eigenvalue weighted by atomic mass is 28.4. The Morgan fingerprint density at radius 1 is 0.476 bits per heavy atom. The molecule has 0 aliphatic rings. The first kappa shape index (κ1) is 42.4. The van der Waals surface area contributed by atoms with Crippen molar-refractivity contribution in [3.63, 3.8) is 0 Å². The molecule has 0 saturated heterocycles. The van der Waals surface area contributed by atoms with Crippen molar-refractivity contribution in [1.29, 1.82) is 0 Å². The number of hydrogen-bond donors (Lipinski definition) is 2. The molecular formula is C27H66N2O9Si4. The molecule has 0 radical (unpaired) electrons. The SMILES string of the molecule is CCO[Si](CCCCCCCC[SiH2]C(NCCC[Si](OC)(OC)OC)NCCC[Si](OC)(OC)OC)(OCC)OCC. The van der Waals surface area contributed by atoms with Crippen LogP contribution in [0.4, 0.5) is 0 Å². The fraction of sp³-hybridized carbons (Fsp3) is 1.00. The van der Waals surface area contributed by atoms with Crippen LogP contribution in [0.2, 0.25) is 24.2 Å². The minimum Gasteiger partial charge on any atom is -0.377 e. The predicted octanol–water partition coefficient (Wildman–Crippen LogP) is 3.96. The van der Waals surface area contributed by atoms with Gasteiger partial charge in [0.1, 0.15) is 0 Å². The van der Waals surface area contributed by atoms with Gasteiger partial charge in [0, 0.05) is 86.4 Å². The minimum atomic E-state index is -2.53. The lowest BCUT2D eigenvalue weighted by molar-refractivity contribution is 0.0706. The van der Waals surface area contributed by atoms with Crippen molar-refractivity contribution in [3.05, 3.63) is 0 Å². The van der Waals surface area contributed by atoms with E-state index in [9.17, 15) is 0 Å². The number of hydrogen-bond acceptors (Lipinski definition) is 11. The van der Waals surface area contributed by atoms with E-state index in [-0.39, 0.29) is 9.52 Å². The fourth-order valence-electron chi connectivity index (χ4n) is 5.13. The molecule has 11 nitrogen and oxygen atoms in total. The van der Waals surface area contributed by atoms with Crippen LogP contribution in [0.3, 0.4) is 0 Å². The molecule has 0 aromatic carbocycles. The summed E-state index contributed by atoms with van der Waals surface area (Å²) in [6.45, 7) is 9.80. The van der Waals surface area contributed by atoms with Gasteiger partial charge in [-0.3, -0.25) is 0 Å². The molecule has 0 spiro atoms. The van der Waals surface area contributed by atoms with Crippen LogP contribution in [0.1, 0.15) is 72.1 Å². The summed E-state index contributed by atoms with van der Waals surface area (Å²) in [5, 5.41) is 7.52. The summed E-state index contributed by atoms with van der Waals surface area (Å²) >= 11 is 0. The molecule has 0 saturated carbocycles. The van der Waals surface area contributed by atoms with E-state index in [2.05, 4.69) is 10.6 Å². The zero-order valence-electron chi connectivity index (χ0n) is 28.5. The lowest BCUT2D eigenvalue weighted by atomic mass is 10.1. The molecule has 0 amide bonds. The highest BCUT2D eigenvalue weighted by Gasteiger charge is 2.40. The second kappa shape index (κ2) is 26.6. The van der Waals surface area contributed by atoms with Gasteiger partial charge in [-0.2, -0.15) is 0 Å². The Morgan fingerprint density at radius 2 is 0.833 bits per heavy atom. The van der Waals surface area contributed by atoms with E-state index in [1.165, 1.54) is 38.1 Å². The van der Waals surface area contributed by atoms with Crippen molar-refractivity contribution >= 4 is 35.9 Å². The van der Waals surface area contributed by atoms with E-state index in [0.717, 1.165) is 50.5 Å². The van der Waals surface area contributed by atoms with E-state index in [0.29, 0.717) is 25.6 Å². The molecule has 2 N–H and O–H groups in total. The molecule has 0 heterocycles. The predicted molar refractivity (Wildman–Crippen MR) is 179 cm³/mol. The molecule has 0 aromatic rings. The first-order valence-corrected chi connectivity index (χ1v) is 23.6. The Bertz CT molecular complexity index is 548. The van der Waals surface area contributed by atoms with Crippen molar-refractivity contribution in [2.45, 2.75) is 102 Å². The van der Waals surface area contributed by atoms with Crippen molar-refractivity contribution in [2.75, 3.05) is 75.6 Å². The summed E-state index contributed by atoms with van der Waals surface area (Å²) in [7, 11) is 2.12. The highest BCUT2D eigenvalue weighted by Crippen LogP contribution is 2.21. The first-order chi connectivity index (χ1) is 20.3. The van der Waals surface area contributed by atoms with E-state index < -0.39 is 26.4 Å². The van der Waals surface area contributed by atoms with Gasteiger partial charge in [-0.25, -0.2) is 0 Å². The third-order valence-electron chi connectivity index (χ3n) is 7.54. The second-order valence-electron chi connectivity index (χ2n) is 10.3. The van der Waals surface area contributed by atoms with E-state index in [4.69, 9.17) is 39.8 Å². The number of unbranched alkanes of at least 4 members (excludes halogenated alkanes) is 5. The Labute approximate surface area is 263 Å². The van der Waals surface area contributed by atoms with Crippen LogP contribution in [0.5, 0.6) is 0 Å². The maximum absolute atomic E-state index is 5.98. The molecule has 0 bridgehead atoms. The minimum absolute atomic E-state index is 0.342. The molecule has 254 valence electrons. The molecule has 42 heavy (non-hydrogen) atoms.